The lowest BCUT2D eigenvalue weighted by molar-refractivity contribution is 0.769. The highest BCUT2D eigenvalue weighted by Crippen LogP contribution is 2.56. The molecule has 0 saturated heterocycles. The molecule has 0 bridgehead atoms. The molecule has 3 heterocycles. The van der Waals surface area contributed by atoms with Gasteiger partial charge in [0.25, 0.3) is 0 Å². The van der Waals surface area contributed by atoms with Crippen molar-refractivity contribution < 1.29 is 0 Å². The van der Waals surface area contributed by atoms with Crippen molar-refractivity contribution >= 4 is 49.4 Å². The van der Waals surface area contributed by atoms with Crippen LogP contribution in [-0.2, 0) is 5.41 Å². The summed E-state index contributed by atoms with van der Waals surface area (Å²) in [6.45, 7) is 0. The molecule has 3 heteroatoms. The van der Waals surface area contributed by atoms with Gasteiger partial charge in [0.1, 0.15) is 5.52 Å². The van der Waals surface area contributed by atoms with Gasteiger partial charge in [0, 0.05) is 16.2 Å². The van der Waals surface area contributed by atoms with Crippen molar-refractivity contribution in [3.05, 3.63) is 186 Å². The number of hydrogen-bond donors (Lipinski definition) is 0. The molecular formula is C45H27N3. The molecule has 11 rings (SSSR count). The van der Waals surface area contributed by atoms with Gasteiger partial charge in [-0.2, -0.15) is 0 Å². The van der Waals surface area contributed by atoms with Gasteiger partial charge in [-0.1, -0.05) is 127 Å². The third-order valence-electron chi connectivity index (χ3n) is 10.6. The maximum absolute atomic E-state index is 5.21. The van der Waals surface area contributed by atoms with E-state index in [9.17, 15) is 0 Å². The van der Waals surface area contributed by atoms with Crippen LogP contribution in [0.4, 0.5) is 0 Å². The van der Waals surface area contributed by atoms with E-state index in [-0.39, 0.29) is 0 Å². The molecule has 10 aromatic rings. The van der Waals surface area contributed by atoms with E-state index in [2.05, 4.69) is 150 Å². The highest BCUT2D eigenvalue weighted by Gasteiger charge is 2.46. The van der Waals surface area contributed by atoms with E-state index < -0.39 is 5.41 Å². The van der Waals surface area contributed by atoms with Gasteiger partial charge in [-0.25, -0.2) is 9.97 Å². The van der Waals surface area contributed by atoms with Crippen LogP contribution in [0.3, 0.4) is 0 Å². The molecule has 1 aliphatic rings. The monoisotopic (exact) mass is 609 g/mol. The Morgan fingerprint density at radius 3 is 1.85 bits per heavy atom. The Morgan fingerprint density at radius 2 is 1.06 bits per heavy atom. The summed E-state index contributed by atoms with van der Waals surface area (Å²) in [7, 11) is 0. The van der Waals surface area contributed by atoms with Crippen molar-refractivity contribution in [1.29, 1.82) is 0 Å². The standard InChI is InChI=1S/C45H27N3/c1-3-13-30(14-4-1)45(31-15-5-2-6-16-31)37-19-9-7-17-32(37)33-24-23-28(27-38(33)45)29-25-35-34-18-8-12-22-41(34)48-43(35)36(26-29)42-44(48)47-40-21-11-10-20-39(40)46-42/h1-27H. The molecule has 7 aromatic carbocycles. The number of fused-ring (bicyclic) bond motifs is 10. The molecule has 222 valence electrons. The maximum atomic E-state index is 5.21. The Morgan fingerprint density at radius 1 is 0.438 bits per heavy atom. The van der Waals surface area contributed by atoms with Crippen molar-refractivity contribution in [3.8, 4) is 22.3 Å². The Labute approximate surface area is 276 Å². The second kappa shape index (κ2) is 9.37. The zero-order valence-corrected chi connectivity index (χ0v) is 25.9. The minimum absolute atomic E-state index is 0.446. The molecule has 1 aliphatic carbocycles. The first-order chi connectivity index (χ1) is 23.8. The Kier molecular flexibility index (Phi) is 5.04. The van der Waals surface area contributed by atoms with Crippen LogP contribution in [0.2, 0.25) is 0 Å². The summed E-state index contributed by atoms with van der Waals surface area (Å²) < 4.78 is 2.31. The summed E-state index contributed by atoms with van der Waals surface area (Å²) in [6.07, 6.45) is 0. The first kappa shape index (κ1) is 25.8. The summed E-state index contributed by atoms with van der Waals surface area (Å²) in [4.78, 5) is 10.4. The maximum Gasteiger partial charge on any atom is 0.165 e. The molecule has 0 aliphatic heterocycles. The molecule has 0 N–H and O–H groups in total. The van der Waals surface area contributed by atoms with E-state index in [1.165, 1.54) is 60.8 Å². The molecule has 0 spiro atoms. The van der Waals surface area contributed by atoms with Crippen molar-refractivity contribution in [2.75, 3.05) is 0 Å². The topological polar surface area (TPSA) is 30.2 Å². The third-order valence-corrected chi connectivity index (χ3v) is 10.6. The number of rotatable bonds is 3. The largest absolute Gasteiger partial charge is 0.291 e. The van der Waals surface area contributed by atoms with Crippen LogP contribution < -0.4 is 0 Å². The zero-order chi connectivity index (χ0) is 31.4. The summed E-state index contributed by atoms with van der Waals surface area (Å²) in [6, 6.07) is 59.6. The molecule has 48 heavy (non-hydrogen) atoms. The molecule has 0 radical (unpaired) electrons. The van der Waals surface area contributed by atoms with Gasteiger partial charge in [-0.15, -0.1) is 0 Å². The van der Waals surface area contributed by atoms with Crippen LogP contribution in [0.1, 0.15) is 22.3 Å². The van der Waals surface area contributed by atoms with Crippen LogP contribution in [0, 0.1) is 0 Å². The predicted molar refractivity (Wildman–Crippen MR) is 197 cm³/mol. The van der Waals surface area contributed by atoms with Gasteiger partial charge in [-0.05, 0) is 80.9 Å². The lowest BCUT2D eigenvalue weighted by Gasteiger charge is -2.34. The summed E-state index contributed by atoms with van der Waals surface area (Å²) in [5.41, 5.74) is 15.7. The van der Waals surface area contributed by atoms with Crippen LogP contribution in [0.25, 0.3) is 71.6 Å². The van der Waals surface area contributed by atoms with Crippen molar-refractivity contribution in [3.63, 3.8) is 0 Å². The number of aromatic nitrogens is 3. The van der Waals surface area contributed by atoms with E-state index >= 15 is 0 Å². The van der Waals surface area contributed by atoms with Gasteiger partial charge in [0.15, 0.2) is 5.65 Å². The predicted octanol–water partition coefficient (Wildman–Crippen LogP) is 10.8. The molecule has 3 nitrogen and oxygen atoms in total. The fraction of sp³-hybridized carbons (Fsp3) is 0.0222. The van der Waals surface area contributed by atoms with Crippen LogP contribution in [-0.4, -0.2) is 14.4 Å². The minimum Gasteiger partial charge on any atom is -0.291 e. The van der Waals surface area contributed by atoms with Gasteiger partial charge >= 0.3 is 0 Å². The molecule has 0 unspecified atom stereocenters. The normalized spacial score (nSPS) is 13.6. The number of nitrogens with zero attached hydrogens (tertiary/aromatic N) is 3. The van der Waals surface area contributed by atoms with Crippen molar-refractivity contribution in [2.24, 2.45) is 0 Å². The molecule has 0 amide bonds. The molecule has 0 atom stereocenters. The summed E-state index contributed by atoms with van der Waals surface area (Å²) in [5, 5.41) is 3.59. The second-order valence-electron chi connectivity index (χ2n) is 12.9. The third kappa shape index (κ3) is 3.22. The minimum atomic E-state index is -0.446. The van der Waals surface area contributed by atoms with Crippen molar-refractivity contribution in [2.45, 2.75) is 5.41 Å². The van der Waals surface area contributed by atoms with E-state index in [1.54, 1.807) is 0 Å². The Balaban J connectivity index is 1.24. The first-order valence-electron chi connectivity index (χ1n) is 16.5. The van der Waals surface area contributed by atoms with E-state index in [4.69, 9.17) is 9.97 Å². The van der Waals surface area contributed by atoms with Crippen LogP contribution in [0.5, 0.6) is 0 Å². The average molecular weight is 610 g/mol. The van der Waals surface area contributed by atoms with Crippen LogP contribution in [0.15, 0.2) is 164 Å². The number of para-hydroxylation sites is 3. The van der Waals surface area contributed by atoms with Gasteiger partial charge in [-0.3, -0.25) is 4.40 Å². The first-order valence-corrected chi connectivity index (χ1v) is 16.5. The van der Waals surface area contributed by atoms with E-state index in [1.807, 2.05) is 18.2 Å². The molecule has 0 saturated carbocycles. The SMILES string of the molecule is c1ccc(C2(c3ccccc3)c3ccccc3-c3ccc(-c4cc5c6ccccc6n6c7nc8ccccc8nc7c(c4)c56)cc32)cc1. The van der Waals surface area contributed by atoms with Gasteiger partial charge in [0.05, 0.1) is 27.5 Å². The van der Waals surface area contributed by atoms with Crippen molar-refractivity contribution in [1.82, 2.24) is 14.4 Å². The van der Waals surface area contributed by atoms with E-state index in [0.29, 0.717) is 0 Å². The number of benzene rings is 7. The summed E-state index contributed by atoms with van der Waals surface area (Å²) in [5.74, 6) is 0. The smallest absolute Gasteiger partial charge is 0.165 e. The Bertz CT molecular complexity index is 2850. The average Bonchev–Trinajstić information content (AvgIpc) is 3.77. The number of hydrogen-bond acceptors (Lipinski definition) is 2. The highest BCUT2D eigenvalue weighted by atomic mass is 15.0. The van der Waals surface area contributed by atoms with E-state index in [0.717, 1.165) is 33.1 Å². The molecular weight excluding hydrogens is 583 g/mol. The summed E-state index contributed by atoms with van der Waals surface area (Å²) >= 11 is 0. The van der Waals surface area contributed by atoms with Gasteiger partial charge in [0.2, 0.25) is 0 Å². The lowest BCUT2D eigenvalue weighted by Crippen LogP contribution is -2.28. The zero-order valence-electron chi connectivity index (χ0n) is 25.9. The second-order valence-corrected chi connectivity index (χ2v) is 12.9. The molecule has 3 aromatic heterocycles. The fourth-order valence-electron chi connectivity index (χ4n) is 8.62. The molecule has 0 fully saturated rings. The van der Waals surface area contributed by atoms with Gasteiger partial charge < -0.3 is 0 Å². The Hall–Kier alpha value is -6.32. The lowest BCUT2D eigenvalue weighted by atomic mass is 9.67. The fourth-order valence-corrected chi connectivity index (χ4v) is 8.62. The highest BCUT2D eigenvalue weighted by molar-refractivity contribution is 6.23. The quantitative estimate of drug-likeness (QED) is 0.199. The van der Waals surface area contributed by atoms with Crippen LogP contribution >= 0.6 is 0 Å².